The van der Waals surface area contributed by atoms with Crippen LogP contribution in [0, 0.1) is 18.3 Å². The molecular weight excluding hydrogens is 338 g/mol. The van der Waals surface area contributed by atoms with Gasteiger partial charge in [-0.05, 0) is 42.8 Å². The van der Waals surface area contributed by atoms with Crippen LogP contribution in [0.2, 0.25) is 5.02 Å². The summed E-state index contributed by atoms with van der Waals surface area (Å²) in [6, 6.07) is 14.5. The summed E-state index contributed by atoms with van der Waals surface area (Å²) in [5.41, 5.74) is 8.72. The van der Waals surface area contributed by atoms with Gasteiger partial charge in [-0.25, -0.2) is 0 Å². The fourth-order valence-electron chi connectivity index (χ4n) is 2.16. The molecule has 0 aliphatic rings. The molecule has 1 heterocycles. The van der Waals surface area contributed by atoms with Crippen molar-refractivity contribution < 1.29 is 0 Å². The van der Waals surface area contributed by atoms with Crippen molar-refractivity contribution in [2.45, 2.75) is 6.92 Å². The highest BCUT2D eigenvalue weighted by atomic mass is 35.5. The molecule has 0 saturated carbocycles. The van der Waals surface area contributed by atoms with Gasteiger partial charge in [0.2, 0.25) is 17.8 Å². The number of nitriles is 1. The first-order chi connectivity index (χ1) is 12.0. The molecule has 0 aliphatic carbocycles. The Labute approximate surface area is 149 Å². The third-order valence-corrected chi connectivity index (χ3v) is 3.70. The van der Waals surface area contributed by atoms with Crippen LogP contribution in [0.5, 0.6) is 0 Å². The highest BCUT2D eigenvalue weighted by molar-refractivity contribution is 6.33. The molecule has 0 spiro atoms. The van der Waals surface area contributed by atoms with E-state index in [0.717, 1.165) is 11.3 Å². The van der Waals surface area contributed by atoms with Gasteiger partial charge in [0.25, 0.3) is 0 Å². The smallest absolute Gasteiger partial charge is 0.233 e. The van der Waals surface area contributed by atoms with Gasteiger partial charge < -0.3 is 16.4 Å². The molecule has 0 unspecified atom stereocenters. The monoisotopic (exact) mass is 351 g/mol. The van der Waals surface area contributed by atoms with Gasteiger partial charge in [-0.2, -0.15) is 20.2 Å². The van der Waals surface area contributed by atoms with Crippen LogP contribution in [0.15, 0.2) is 42.5 Å². The molecule has 0 radical (unpaired) electrons. The number of aryl methyl sites for hydroxylation is 1. The zero-order valence-electron chi connectivity index (χ0n) is 13.3. The van der Waals surface area contributed by atoms with E-state index in [1.54, 1.807) is 30.3 Å². The zero-order chi connectivity index (χ0) is 17.8. The van der Waals surface area contributed by atoms with Gasteiger partial charge in [0.05, 0.1) is 22.3 Å². The van der Waals surface area contributed by atoms with Crippen molar-refractivity contribution >= 4 is 40.8 Å². The van der Waals surface area contributed by atoms with Crippen molar-refractivity contribution in [3.05, 3.63) is 58.6 Å². The molecular formula is C17H14ClN7. The Hall–Kier alpha value is -3.37. The third-order valence-electron chi connectivity index (χ3n) is 3.38. The molecule has 4 N–H and O–H groups in total. The van der Waals surface area contributed by atoms with E-state index in [2.05, 4.69) is 31.7 Å². The summed E-state index contributed by atoms with van der Waals surface area (Å²) in [5, 5.41) is 15.5. The number of nitrogen functional groups attached to an aromatic ring is 1. The van der Waals surface area contributed by atoms with E-state index < -0.39 is 0 Å². The van der Waals surface area contributed by atoms with E-state index in [4.69, 9.17) is 22.6 Å². The average Bonchev–Trinajstić information content (AvgIpc) is 2.58. The summed E-state index contributed by atoms with van der Waals surface area (Å²) in [6.07, 6.45) is 0. The first-order valence-electron chi connectivity index (χ1n) is 7.36. The predicted octanol–water partition coefficient (Wildman–Crippen LogP) is 3.77. The molecule has 0 atom stereocenters. The van der Waals surface area contributed by atoms with Crippen molar-refractivity contribution in [1.82, 2.24) is 15.0 Å². The van der Waals surface area contributed by atoms with Gasteiger partial charge in [0, 0.05) is 5.69 Å². The van der Waals surface area contributed by atoms with Gasteiger partial charge in [-0.15, -0.1) is 0 Å². The van der Waals surface area contributed by atoms with Gasteiger partial charge >= 0.3 is 0 Å². The lowest BCUT2D eigenvalue weighted by Crippen LogP contribution is -2.07. The maximum atomic E-state index is 8.84. The number of hydrogen-bond acceptors (Lipinski definition) is 7. The van der Waals surface area contributed by atoms with Crippen LogP contribution in [0.3, 0.4) is 0 Å². The molecule has 0 amide bonds. The fraction of sp³-hybridized carbons (Fsp3) is 0.0588. The van der Waals surface area contributed by atoms with E-state index in [9.17, 15) is 0 Å². The molecule has 3 rings (SSSR count). The lowest BCUT2D eigenvalue weighted by Gasteiger charge is -2.11. The molecule has 0 aliphatic heterocycles. The fourth-order valence-corrected chi connectivity index (χ4v) is 2.43. The zero-order valence-corrected chi connectivity index (χ0v) is 14.0. The third kappa shape index (κ3) is 3.94. The molecule has 0 bridgehead atoms. The van der Waals surface area contributed by atoms with E-state index in [1.807, 2.05) is 19.1 Å². The minimum absolute atomic E-state index is 0.0679. The van der Waals surface area contributed by atoms with Crippen LogP contribution in [0.25, 0.3) is 0 Å². The Balaban J connectivity index is 1.86. The number of para-hydroxylation sites is 1. The molecule has 124 valence electrons. The van der Waals surface area contributed by atoms with Crippen molar-refractivity contribution in [3.63, 3.8) is 0 Å². The second kappa shape index (κ2) is 7.03. The molecule has 0 fully saturated rings. The highest BCUT2D eigenvalue weighted by Crippen LogP contribution is 2.28. The lowest BCUT2D eigenvalue weighted by molar-refractivity contribution is 1.07. The Bertz CT molecular complexity index is 928. The summed E-state index contributed by atoms with van der Waals surface area (Å²) in [6.45, 7) is 1.93. The molecule has 1 aromatic heterocycles. The maximum absolute atomic E-state index is 8.84. The molecule has 7 nitrogen and oxygen atoms in total. The van der Waals surface area contributed by atoms with Crippen LogP contribution in [0.4, 0.5) is 29.2 Å². The Morgan fingerprint density at radius 1 is 1.00 bits per heavy atom. The Morgan fingerprint density at radius 3 is 2.32 bits per heavy atom. The van der Waals surface area contributed by atoms with Crippen LogP contribution in [0.1, 0.15) is 11.1 Å². The molecule has 0 saturated heterocycles. The van der Waals surface area contributed by atoms with Crippen molar-refractivity contribution in [2.24, 2.45) is 0 Å². The van der Waals surface area contributed by atoms with E-state index in [1.165, 1.54) is 0 Å². The minimum atomic E-state index is 0.0679. The Morgan fingerprint density at radius 2 is 1.68 bits per heavy atom. The number of nitrogens with two attached hydrogens (primary N) is 1. The standard InChI is InChI=1S/C17H14ClN7/c1-10-3-2-4-13(18)14(10)22-17-24-15(20)23-16(25-17)21-12-7-5-11(9-19)6-8-12/h2-8H,1H3,(H4,20,21,22,23,24,25). The molecule has 2 aromatic carbocycles. The molecule has 3 aromatic rings. The van der Waals surface area contributed by atoms with Gasteiger partial charge in [0.15, 0.2) is 0 Å². The lowest BCUT2D eigenvalue weighted by atomic mass is 10.2. The average molecular weight is 352 g/mol. The number of anilines is 5. The number of nitrogens with one attached hydrogen (secondary N) is 2. The largest absolute Gasteiger partial charge is 0.368 e. The number of halogens is 1. The summed E-state index contributed by atoms with van der Waals surface area (Å²) < 4.78 is 0. The Kier molecular flexibility index (Phi) is 4.64. The van der Waals surface area contributed by atoms with Crippen LogP contribution < -0.4 is 16.4 Å². The van der Waals surface area contributed by atoms with Crippen molar-refractivity contribution in [3.8, 4) is 6.07 Å². The normalized spacial score (nSPS) is 10.1. The second-order valence-corrected chi connectivity index (χ2v) is 5.62. The summed E-state index contributed by atoms with van der Waals surface area (Å²) >= 11 is 6.21. The molecule has 25 heavy (non-hydrogen) atoms. The summed E-state index contributed by atoms with van der Waals surface area (Å²) in [4.78, 5) is 12.4. The highest BCUT2D eigenvalue weighted by Gasteiger charge is 2.09. The number of aromatic nitrogens is 3. The first kappa shape index (κ1) is 16.5. The second-order valence-electron chi connectivity index (χ2n) is 5.21. The van der Waals surface area contributed by atoms with Crippen molar-refractivity contribution in [2.75, 3.05) is 16.4 Å². The van der Waals surface area contributed by atoms with Gasteiger partial charge in [0.1, 0.15) is 0 Å². The number of hydrogen-bond donors (Lipinski definition) is 3. The van der Waals surface area contributed by atoms with Gasteiger partial charge in [-0.1, -0.05) is 23.7 Å². The molecule has 8 heteroatoms. The van der Waals surface area contributed by atoms with Crippen LogP contribution in [-0.4, -0.2) is 15.0 Å². The van der Waals surface area contributed by atoms with E-state index >= 15 is 0 Å². The van der Waals surface area contributed by atoms with Crippen LogP contribution >= 0.6 is 11.6 Å². The SMILES string of the molecule is Cc1cccc(Cl)c1Nc1nc(N)nc(Nc2ccc(C#N)cc2)n1. The van der Waals surface area contributed by atoms with Crippen molar-refractivity contribution in [1.29, 1.82) is 5.26 Å². The summed E-state index contributed by atoms with van der Waals surface area (Å²) in [5.74, 6) is 0.627. The predicted molar refractivity (Wildman–Crippen MR) is 98.2 cm³/mol. The quantitative estimate of drug-likeness (QED) is 0.655. The van der Waals surface area contributed by atoms with E-state index in [-0.39, 0.29) is 17.8 Å². The maximum Gasteiger partial charge on any atom is 0.233 e. The summed E-state index contributed by atoms with van der Waals surface area (Å²) in [7, 11) is 0. The van der Waals surface area contributed by atoms with Crippen LogP contribution in [-0.2, 0) is 0 Å². The van der Waals surface area contributed by atoms with E-state index in [0.29, 0.717) is 16.3 Å². The number of benzene rings is 2. The minimum Gasteiger partial charge on any atom is -0.368 e. The first-order valence-corrected chi connectivity index (χ1v) is 7.74. The number of rotatable bonds is 4. The van der Waals surface area contributed by atoms with Gasteiger partial charge in [-0.3, -0.25) is 0 Å². The number of nitrogens with zero attached hydrogens (tertiary/aromatic N) is 4. The topological polar surface area (TPSA) is 113 Å².